The van der Waals surface area contributed by atoms with E-state index in [4.69, 9.17) is 4.99 Å². The molecule has 0 saturated heterocycles. The van der Waals surface area contributed by atoms with E-state index in [1.54, 1.807) is 30.1 Å². The molecule has 162 valence electrons. The number of halogens is 3. The molecule has 1 amide bonds. The van der Waals surface area contributed by atoms with Crippen molar-refractivity contribution >= 4 is 29.1 Å². The van der Waals surface area contributed by atoms with E-state index >= 15 is 0 Å². The van der Waals surface area contributed by atoms with Gasteiger partial charge >= 0.3 is 6.18 Å². The first-order chi connectivity index (χ1) is 15.3. The summed E-state index contributed by atoms with van der Waals surface area (Å²) in [6.45, 7) is 0. The summed E-state index contributed by atoms with van der Waals surface area (Å²) in [6, 6.07) is 5.18. The summed E-state index contributed by atoms with van der Waals surface area (Å²) in [6.07, 6.45) is 7.17. The van der Waals surface area contributed by atoms with Gasteiger partial charge in [0.2, 0.25) is 5.91 Å². The Bertz CT molecular complexity index is 1280. The van der Waals surface area contributed by atoms with Gasteiger partial charge in [0.15, 0.2) is 11.7 Å². The number of aromatic nitrogens is 2. The minimum Gasteiger partial charge on any atom is -0.331 e. The highest BCUT2D eigenvalue weighted by Gasteiger charge is 2.41. The Morgan fingerprint density at radius 2 is 2.09 bits per heavy atom. The second-order valence-electron chi connectivity index (χ2n) is 7.49. The van der Waals surface area contributed by atoms with Crippen LogP contribution in [0.25, 0.3) is 5.57 Å². The lowest BCUT2D eigenvalue weighted by atomic mass is 9.95. The smallest absolute Gasteiger partial charge is 0.331 e. The molecule has 2 aromatic rings. The third kappa shape index (κ3) is 3.52. The average molecular weight is 454 g/mol. The number of aryl methyl sites for hydroxylation is 1. The Morgan fingerprint density at radius 3 is 2.78 bits per heavy atom. The van der Waals surface area contributed by atoms with Gasteiger partial charge in [-0.25, -0.2) is 9.98 Å². The number of aliphatic imine (C=N–C) groups is 1. The zero-order valence-electron chi connectivity index (χ0n) is 16.8. The van der Waals surface area contributed by atoms with Crippen molar-refractivity contribution in [3.05, 3.63) is 94.1 Å². The molecule has 0 radical (unpaired) electrons. The monoisotopic (exact) mass is 454 g/mol. The molecule has 5 nitrogen and oxygen atoms in total. The minimum atomic E-state index is -4.47. The van der Waals surface area contributed by atoms with Gasteiger partial charge in [0.05, 0.1) is 11.3 Å². The number of carbonyl (C=O) groups is 1. The number of hydrogen-bond acceptors (Lipinski definition) is 4. The van der Waals surface area contributed by atoms with Crippen molar-refractivity contribution in [1.82, 2.24) is 14.9 Å². The van der Waals surface area contributed by atoms with Crippen molar-refractivity contribution in [2.24, 2.45) is 12.0 Å². The standard InChI is InChI=1S/C23H17F3N4OS/c1-30-11-10-27-21(30)20-28-17-16(14-8-5-9-15(12-14)23(24,25)26)18(13-6-3-2-4-7-13)32-19(17)22(31)29-20/h2-6,8-12,19H,7H2,1H3,(H,28,29,31). The summed E-state index contributed by atoms with van der Waals surface area (Å²) < 4.78 is 42.0. The van der Waals surface area contributed by atoms with E-state index in [1.807, 2.05) is 24.3 Å². The summed E-state index contributed by atoms with van der Waals surface area (Å²) in [5, 5.41) is 2.15. The Morgan fingerprint density at radius 1 is 1.25 bits per heavy atom. The van der Waals surface area contributed by atoms with E-state index in [0.717, 1.165) is 22.6 Å². The number of alkyl halides is 3. The maximum absolute atomic E-state index is 13.4. The highest BCUT2D eigenvalue weighted by atomic mass is 32.2. The molecule has 1 atom stereocenters. The maximum atomic E-state index is 13.4. The Balaban J connectivity index is 1.75. The van der Waals surface area contributed by atoms with E-state index in [-0.39, 0.29) is 11.7 Å². The number of amidine groups is 1. The molecule has 9 heteroatoms. The van der Waals surface area contributed by atoms with Gasteiger partial charge in [0, 0.05) is 29.9 Å². The van der Waals surface area contributed by atoms with Crippen LogP contribution in [0.1, 0.15) is 23.4 Å². The van der Waals surface area contributed by atoms with Gasteiger partial charge in [-0.15, -0.1) is 11.8 Å². The van der Waals surface area contributed by atoms with Gasteiger partial charge < -0.3 is 9.88 Å². The molecular weight excluding hydrogens is 437 g/mol. The van der Waals surface area contributed by atoms with Crippen molar-refractivity contribution in [2.75, 3.05) is 0 Å². The molecule has 32 heavy (non-hydrogen) atoms. The summed E-state index contributed by atoms with van der Waals surface area (Å²) in [7, 11) is 1.78. The molecule has 2 aliphatic heterocycles. The van der Waals surface area contributed by atoms with Crippen molar-refractivity contribution in [3.63, 3.8) is 0 Å². The molecule has 0 fully saturated rings. The molecule has 1 aromatic carbocycles. The van der Waals surface area contributed by atoms with Crippen LogP contribution < -0.4 is 5.32 Å². The fraction of sp³-hybridized carbons (Fsp3) is 0.174. The van der Waals surface area contributed by atoms with Crippen LogP contribution in [0.5, 0.6) is 0 Å². The van der Waals surface area contributed by atoms with E-state index in [1.165, 1.54) is 17.8 Å². The van der Waals surface area contributed by atoms with Crippen LogP contribution >= 0.6 is 11.8 Å². The largest absolute Gasteiger partial charge is 0.416 e. The molecule has 0 saturated carbocycles. The molecule has 0 bridgehead atoms. The van der Waals surface area contributed by atoms with Gasteiger partial charge in [0.1, 0.15) is 5.25 Å². The normalized spacial score (nSPS) is 22.8. The van der Waals surface area contributed by atoms with Crippen LogP contribution in [0.15, 0.2) is 82.1 Å². The molecular formula is C23H17F3N4OS. The lowest BCUT2D eigenvalue weighted by Gasteiger charge is -2.19. The van der Waals surface area contributed by atoms with E-state index in [0.29, 0.717) is 29.1 Å². The third-order valence-electron chi connectivity index (χ3n) is 5.36. The van der Waals surface area contributed by atoms with Crippen molar-refractivity contribution in [1.29, 1.82) is 0 Å². The molecule has 1 aromatic heterocycles. The van der Waals surface area contributed by atoms with Gasteiger partial charge in [-0.05, 0) is 29.7 Å². The van der Waals surface area contributed by atoms with Crippen molar-refractivity contribution < 1.29 is 18.0 Å². The average Bonchev–Trinajstić information content (AvgIpc) is 3.38. The Labute approximate surface area is 186 Å². The zero-order chi connectivity index (χ0) is 22.5. The maximum Gasteiger partial charge on any atom is 0.416 e. The third-order valence-corrected chi connectivity index (χ3v) is 6.74. The predicted molar refractivity (Wildman–Crippen MR) is 118 cm³/mol. The lowest BCUT2D eigenvalue weighted by molar-refractivity contribution is -0.137. The van der Waals surface area contributed by atoms with Gasteiger partial charge in [-0.1, -0.05) is 36.4 Å². The fourth-order valence-corrected chi connectivity index (χ4v) is 5.18. The summed E-state index contributed by atoms with van der Waals surface area (Å²) in [4.78, 5) is 22.7. The molecule has 1 aliphatic carbocycles. The van der Waals surface area contributed by atoms with Crippen molar-refractivity contribution in [3.8, 4) is 0 Å². The molecule has 3 aliphatic rings. The number of hydrogen-bond donors (Lipinski definition) is 1. The van der Waals surface area contributed by atoms with E-state index in [9.17, 15) is 18.0 Å². The summed E-state index contributed by atoms with van der Waals surface area (Å²) >= 11 is 1.32. The predicted octanol–water partition coefficient (Wildman–Crippen LogP) is 4.61. The number of thioether (sulfide) groups is 1. The molecule has 5 rings (SSSR count). The molecule has 0 spiro atoms. The second-order valence-corrected chi connectivity index (χ2v) is 8.61. The van der Waals surface area contributed by atoms with Crippen LogP contribution in [-0.4, -0.2) is 26.5 Å². The summed E-state index contributed by atoms with van der Waals surface area (Å²) in [5.74, 6) is 0.483. The highest BCUT2D eigenvalue weighted by Crippen LogP contribution is 2.51. The molecule has 3 heterocycles. The number of imidazole rings is 1. The first kappa shape index (κ1) is 20.6. The number of allylic oxidation sites excluding steroid dienone is 6. The summed E-state index contributed by atoms with van der Waals surface area (Å²) in [5.41, 5.74) is 1.58. The van der Waals surface area contributed by atoms with Crippen LogP contribution in [0.2, 0.25) is 0 Å². The number of amides is 1. The quantitative estimate of drug-likeness (QED) is 0.721. The van der Waals surface area contributed by atoms with Crippen molar-refractivity contribution in [2.45, 2.75) is 17.8 Å². The lowest BCUT2D eigenvalue weighted by Crippen LogP contribution is -2.42. The zero-order valence-corrected chi connectivity index (χ0v) is 17.7. The number of carbonyl (C=O) groups excluding carboxylic acids is 1. The fourth-order valence-electron chi connectivity index (χ4n) is 3.85. The van der Waals surface area contributed by atoms with E-state index in [2.05, 4.69) is 10.3 Å². The first-order valence-corrected chi connectivity index (χ1v) is 10.7. The number of fused-ring (bicyclic) bond motifs is 1. The Kier molecular flexibility index (Phi) is 4.93. The second kappa shape index (κ2) is 7.67. The number of rotatable bonds is 2. The molecule has 1 unspecified atom stereocenters. The van der Waals surface area contributed by atoms with Crippen LogP contribution in [0.4, 0.5) is 13.2 Å². The van der Waals surface area contributed by atoms with Crippen LogP contribution in [0.3, 0.4) is 0 Å². The number of benzene rings is 1. The molecule has 1 N–H and O–H groups in total. The van der Waals surface area contributed by atoms with Crippen LogP contribution in [0, 0.1) is 0 Å². The highest BCUT2D eigenvalue weighted by molar-refractivity contribution is 8.05. The topological polar surface area (TPSA) is 59.3 Å². The number of nitrogens with zero attached hydrogens (tertiary/aromatic N) is 3. The van der Waals surface area contributed by atoms with Gasteiger partial charge in [0.25, 0.3) is 0 Å². The van der Waals surface area contributed by atoms with E-state index < -0.39 is 17.0 Å². The van der Waals surface area contributed by atoms with Gasteiger partial charge in [-0.2, -0.15) is 13.2 Å². The minimum absolute atomic E-state index is 0.270. The number of nitrogens with one attached hydrogen (secondary N) is 1. The van der Waals surface area contributed by atoms with Crippen LogP contribution in [-0.2, 0) is 18.0 Å². The SMILES string of the molecule is Cn1ccnc1C1=NC2=C(c3cccc(C(F)(F)F)c3)C(=C3C=CC=CC3)SC2C(=O)N1. The Hall–Kier alpha value is -3.33. The first-order valence-electron chi connectivity index (χ1n) is 9.85. The van der Waals surface area contributed by atoms with Gasteiger partial charge in [-0.3, -0.25) is 4.79 Å².